The third-order valence-electron chi connectivity index (χ3n) is 3.89. The average molecular weight is 405 g/mol. The maximum atomic E-state index is 12.7. The van der Waals surface area contributed by atoms with Crippen LogP contribution < -0.4 is 5.32 Å². The quantitative estimate of drug-likeness (QED) is 0.682. The summed E-state index contributed by atoms with van der Waals surface area (Å²) < 4.78 is 25.6. The van der Waals surface area contributed by atoms with Crippen molar-refractivity contribution in [2.45, 2.75) is 4.90 Å². The topological polar surface area (TPSA) is 95.2 Å². The number of hydrogen-bond acceptors (Lipinski definition) is 4. The summed E-state index contributed by atoms with van der Waals surface area (Å²) in [6.07, 6.45) is 1.42. The van der Waals surface area contributed by atoms with Crippen molar-refractivity contribution in [3.63, 3.8) is 0 Å². The lowest BCUT2D eigenvalue weighted by atomic mass is 10.1. The van der Waals surface area contributed by atoms with E-state index in [9.17, 15) is 13.2 Å². The summed E-state index contributed by atoms with van der Waals surface area (Å²) in [6.45, 7) is 0. The van der Waals surface area contributed by atoms with E-state index in [1.54, 1.807) is 36.4 Å². The van der Waals surface area contributed by atoms with Gasteiger partial charge in [0, 0.05) is 30.4 Å². The Morgan fingerprint density at radius 3 is 2.52 bits per heavy atom. The zero-order valence-corrected chi connectivity index (χ0v) is 16.2. The fraction of sp³-hybridized carbons (Fsp3) is 0.111. The lowest BCUT2D eigenvalue weighted by Crippen LogP contribution is -2.22. The van der Waals surface area contributed by atoms with E-state index in [1.165, 1.54) is 32.4 Å². The third kappa shape index (κ3) is 4.02. The highest BCUT2D eigenvalue weighted by atomic mass is 35.5. The average Bonchev–Trinajstić information content (AvgIpc) is 3.12. The Labute approximate surface area is 162 Å². The van der Waals surface area contributed by atoms with Crippen molar-refractivity contribution in [3.05, 3.63) is 65.3 Å². The molecule has 1 heterocycles. The monoisotopic (exact) mass is 404 g/mol. The molecule has 0 saturated carbocycles. The van der Waals surface area contributed by atoms with Gasteiger partial charge < -0.3 is 5.32 Å². The number of anilines is 1. The minimum absolute atomic E-state index is 0.0930. The summed E-state index contributed by atoms with van der Waals surface area (Å²) in [6, 6.07) is 13.1. The number of carbonyl (C=O) groups is 1. The first kappa shape index (κ1) is 19.1. The molecule has 9 heteroatoms. The van der Waals surface area contributed by atoms with Crippen LogP contribution in [-0.2, 0) is 10.0 Å². The summed E-state index contributed by atoms with van der Waals surface area (Å²) in [4.78, 5) is 12.8. The second-order valence-corrected chi connectivity index (χ2v) is 8.52. The Balaban J connectivity index is 1.88. The predicted molar refractivity (Wildman–Crippen MR) is 104 cm³/mol. The molecule has 0 fully saturated rings. The number of amides is 1. The molecule has 3 aromatic rings. The summed E-state index contributed by atoms with van der Waals surface area (Å²) >= 11 is 5.90. The van der Waals surface area contributed by atoms with Gasteiger partial charge in [-0.25, -0.2) is 12.7 Å². The van der Waals surface area contributed by atoms with Crippen molar-refractivity contribution in [1.29, 1.82) is 0 Å². The molecule has 1 amide bonds. The lowest BCUT2D eigenvalue weighted by Gasteiger charge is -2.12. The molecule has 0 unspecified atom stereocenters. The Kier molecular flexibility index (Phi) is 5.31. The van der Waals surface area contributed by atoms with Crippen molar-refractivity contribution < 1.29 is 13.2 Å². The second-order valence-electron chi connectivity index (χ2n) is 5.93. The van der Waals surface area contributed by atoms with Gasteiger partial charge >= 0.3 is 0 Å². The SMILES string of the molecule is CN(C)S(=O)(=O)c1cccc(NC(=O)c2cn[nH]c2-c2ccc(Cl)cc2)c1. The van der Waals surface area contributed by atoms with Gasteiger partial charge in [0.25, 0.3) is 5.91 Å². The third-order valence-corrected chi connectivity index (χ3v) is 5.95. The van der Waals surface area contributed by atoms with Crippen molar-refractivity contribution in [1.82, 2.24) is 14.5 Å². The molecule has 3 rings (SSSR count). The van der Waals surface area contributed by atoms with Crippen LogP contribution in [0.2, 0.25) is 5.02 Å². The highest BCUT2D eigenvalue weighted by Gasteiger charge is 2.19. The Bertz CT molecular complexity index is 1080. The van der Waals surface area contributed by atoms with Crippen LogP contribution in [0, 0.1) is 0 Å². The van der Waals surface area contributed by atoms with Gasteiger partial charge in [-0.15, -0.1) is 0 Å². The molecule has 0 aliphatic heterocycles. The number of aromatic amines is 1. The number of nitrogens with one attached hydrogen (secondary N) is 2. The standard InChI is InChI=1S/C18H17ClN4O3S/c1-23(2)27(25,26)15-5-3-4-14(10-15)21-18(24)16-11-20-22-17(16)12-6-8-13(19)9-7-12/h3-11H,1-2H3,(H,20,22)(H,21,24). The predicted octanol–water partition coefficient (Wildman–Crippen LogP) is 3.23. The lowest BCUT2D eigenvalue weighted by molar-refractivity contribution is 0.102. The van der Waals surface area contributed by atoms with E-state index < -0.39 is 15.9 Å². The molecule has 0 atom stereocenters. The van der Waals surface area contributed by atoms with Crippen LogP contribution in [0.3, 0.4) is 0 Å². The number of carbonyl (C=O) groups excluding carboxylic acids is 1. The van der Waals surface area contributed by atoms with Crippen LogP contribution in [0.15, 0.2) is 59.6 Å². The van der Waals surface area contributed by atoms with Crippen LogP contribution in [0.25, 0.3) is 11.3 Å². The molecule has 0 radical (unpaired) electrons. The molecule has 0 spiro atoms. The summed E-state index contributed by atoms with van der Waals surface area (Å²) in [7, 11) is -0.695. The number of halogens is 1. The normalized spacial score (nSPS) is 11.6. The van der Waals surface area contributed by atoms with Crippen molar-refractivity contribution >= 4 is 33.2 Å². The summed E-state index contributed by atoms with van der Waals surface area (Å²) in [5, 5.41) is 10.0. The summed E-state index contributed by atoms with van der Waals surface area (Å²) in [5.74, 6) is -0.409. The van der Waals surface area contributed by atoms with E-state index in [0.717, 1.165) is 9.87 Å². The highest BCUT2D eigenvalue weighted by molar-refractivity contribution is 7.89. The molecule has 0 aliphatic rings. The molecule has 2 N–H and O–H groups in total. The fourth-order valence-electron chi connectivity index (χ4n) is 2.44. The van der Waals surface area contributed by atoms with Gasteiger partial charge in [0.1, 0.15) is 0 Å². The Hall–Kier alpha value is -2.68. The van der Waals surface area contributed by atoms with Crippen molar-refractivity contribution in [3.8, 4) is 11.3 Å². The van der Waals surface area contributed by atoms with Gasteiger partial charge in [0.05, 0.1) is 22.3 Å². The minimum atomic E-state index is -3.59. The van der Waals surface area contributed by atoms with Crippen LogP contribution in [0.5, 0.6) is 0 Å². The van der Waals surface area contributed by atoms with Gasteiger partial charge in [0.15, 0.2) is 0 Å². The van der Waals surface area contributed by atoms with E-state index in [-0.39, 0.29) is 4.90 Å². The van der Waals surface area contributed by atoms with E-state index >= 15 is 0 Å². The molecule has 0 aliphatic carbocycles. The van der Waals surface area contributed by atoms with E-state index in [2.05, 4.69) is 15.5 Å². The Morgan fingerprint density at radius 2 is 1.85 bits per heavy atom. The van der Waals surface area contributed by atoms with Gasteiger partial charge in [-0.05, 0) is 30.3 Å². The second kappa shape index (κ2) is 7.51. The maximum Gasteiger partial charge on any atom is 0.259 e. The Morgan fingerprint density at radius 1 is 1.15 bits per heavy atom. The molecule has 0 bridgehead atoms. The number of nitrogens with zero attached hydrogens (tertiary/aromatic N) is 2. The first-order valence-electron chi connectivity index (χ1n) is 7.92. The molecule has 2 aromatic carbocycles. The number of sulfonamides is 1. The smallest absolute Gasteiger partial charge is 0.259 e. The van der Waals surface area contributed by atoms with Crippen LogP contribution in [0.4, 0.5) is 5.69 Å². The molecule has 27 heavy (non-hydrogen) atoms. The zero-order valence-electron chi connectivity index (χ0n) is 14.6. The zero-order chi connectivity index (χ0) is 19.6. The van der Waals surface area contributed by atoms with Crippen LogP contribution in [0.1, 0.15) is 10.4 Å². The fourth-order valence-corrected chi connectivity index (χ4v) is 3.51. The first-order valence-corrected chi connectivity index (χ1v) is 9.74. The van der Waals surface area contributed by atoms with Crippen molar-refractivity contribution in [2.24, 2.45) is 0 Å². The number of benzene rings is 2. The molecule has 140 valence electrons. The molecular formula is C18H17ClN4O3S. The van der Waals surface area contributed by atoms with Gasteiger partial charge in [-0.2, -0.15) is 5.10 Å². The van der Waals surface area contributed by atoms with Crippen molar-refractivity contribution in [2.75, 3.05) is 19.4 Å². The minimum Gasteiger partial charge on any atom is -0.322 e. The molecule has 1 aromatic heterocycles. The molecule has 7 nitrogen and oxygen atoms in total. The van der Waals surface area contributed by atoms with Crippen LogP contribution in [-0.4, -0.2) is 42.9 Å². The maximum absolute atomic E-state index is 12.7. The van der Waals surface area contributed by atoms with Crippen LogP contribution >= 0.6 is 11.6 Å². The largest absolute Gasteiger partial charge is 0.322 e. The highest BCUT2D eigenvalue weighted by Crippen LogP contribution is 2.24. The number of hydrogen-bond donors (Lipinski definition) is 2. The van der Waals surface area contributed by atoms with E-state index in [1.807, 2.05) is 0 Å². The number of rotatable bonds is 5. The number of H-pyrrole nitrogens is 1. The first-order chi connectivity index (χ1) is 12.8. The van der Waals surface area contributed by atoms with Gasteiger partial charge in [0.2, 0.25) is 10.0 Å². The van der Waals surface area contributed by atoms with E-state index in [0.29, 0.717) is 22.0 Å². The number of aromatic nitrogens is 2. The summed E-state index contributed by atoms with van der Waals surface area (Å²) in [5.41, 5.74) is 2.00. The van der Waals surface area contributed by atoms with E-state index in [4.69, 9.17) is 11.6 Å². The molecular weight excluding hydrogens is 388 g/mol. The molecule has 0 saturated heterocycles. The van der Waals surface area contributed by atoms with Gasteiger partial charge in [-0.1, -0.05) is 29.8 Å². The van der Waals surface area contributed by atoms with Gasteiger partial charge in [-0.3, -0.25) is 9.89 Å².